The van der Waals surface area contributed by atoms with Crippen LogP contribution in [-0.2, 0) is 9.53 Å². The van der Waals surface area contributed by atoms with Crippen LogP contribution in [-0.4, -0.2) is 47.2 Å². The second-order valence-electron chi connectivity index (χ2n) is 7.73. The van der Waals surface area contributed by atoms with Gasteiger partial charge in [-0.1, -0.05) is 13.8 Å². The van der Waals surface area contributed by atoms with Crippen LogP contribution in [0.2, 0.25) is 0 Å². The van der Waals surface area contributed by atoms with Gasteiger partial charge in [0, 0.05) is 24.0 Å². The molecule has 0 radical (unpaired) electrons. The smallest absolute Gasteiger partial charge is 0.314 e. The third kappa shape index (κ3) is 2.33. The van der Waals surface area contributed by atoms with Gasteiger partial charge in [0.25, 0.3) is 5.91 Å². The summed E-state index contributed by atoms with van der Waals surface area (Å²) in [5.74, 6) is -0.172. The fraction of sp³-hybridized carbons (Fsp3) is 0.500. The summed E-state index contributed by atoms with van der Waals surface area (Å²) in [4.78, 5) is 27.1. The average molecular weight is 359 g/mol. The monoisotopic (exact) mass is 359 g/mol. The summed E-state index contributed by atoms with van der Waals surface area (Å²) in [6.07, 6.45) is 0.754. The first-order valence-corrected chi connectivity index (χ1v) is 9.27. The highest BCUT2D eigenvalue weighted by molar-refractivity contribution is 7.08. The third-order valence-corrected chi connectivity index (χ3v) is 6.44. The number of aromatic nitrogens is 2. The number of rotatable bonds is 3. The van der Waals surface area contributed by atoms with Crippen molar-refractivity contribution < 1.29 is 14.3 Å². The maximum Gasteiger partial charge on any atom is 0.314 e. The molecule has 0 aromatic carbocycles. The number of aromatic amines is 1. The number of hydrogen-bond donors (Lipinski definition) is 1. The highest BCUT2D eigenvalue weighted by atomic mass is 32.1. The van der Waals surface area contributed by atoms with Gasteiger partial charge in [0.2, 0.25) is 0 Å². The molecule has 1 saturated carbocycles. The second-order valence-corrected chi connectivity index (χ2v) is 8.51. The van der Waals surface area contributed by atoms with Crippen molar-refractivity contribution in [3.8, 4) is 11.3 Å². The SMILES string of the molecule is COC(=O)[C@@]12CN(C(=O)c3cc(-c4ccsc4)n[nH]3)C[C@@H]1C(C)(C)C2. The molecular weight excluding hydrogens is 338 g/mol. The van der Waals surface area contributed by atoms with Crippen LogP contribution in [0, 0.1) is 16.7 Å². The number of methoxy groups -OCH3 is 1. The zero-order valence-electron chi connectivity index (χ0n) is 14.5. The molecule has 3 heterocycles. The number of nitrogens with zero attached hydrogens (tertiary/aromatic N) is 2. The molecule has 0 spiro atoms. The van der Waals surface area contributed by atoms with E-state index in [9.17, 15) is 9.59 Å². The molecule has 2 aromatic heterocycles. The zero-order valence-corrected chi connectivity index (χ0v) is 15.4. The van der Waals surface area contributed by atoms with Crippen LogP contribution in [0.25, 0.3) is 11.3 Å². The fourth-order valence-electron chi connectivity index (χ4n) is 4.69. The molecular formula is C18H21N3O3S. The van der Waals surface area contributed by atoms with Crippen LogP contribution in [0.5, 0.6) is 0 Å². The number of thiophene rings is 1. The van der Waals surface area contributed by atoms with E-state index in [1.807, 2.05) is 16.8 Å². The Morgan fingerprint density at radius 1 is 1.44 bits per heavy atom. The quantitative estimate of drug-likeness (QED) is 0.855. The Morgan fingerprint density at radius 2 is 2.24 bits per heavy atom. The molecule has 7 heteroatoms. The number of carbonyl (C=O) groups is 2. The number of fused-ring (bicyclic) bond motifs is 1. The average Bonchev–Trinajstić information content (AvgIpc) is 3.30. The van der Waals surface area contributed by atoms with E-state index in [1.54, 1.807) is 22.3 Å². The topological polar surface area (TPSA) is 75.3 Å². The second kappa shape index (κ2) is 5.42. The maximum atomic E-state index is 12.9. The number of H-pyrrole nitrogens is 1. The first kappa shape index (κ1) is 16.3. The lowest BCUT2D eigenvalue weighted by Crippen LogP contribution is -2.57. The zero-order chi connectivity index (χ0) is 17.8. The van der Waals surface area contributed by atoms with E-state index in [4.69, 9.17) is 4.74 Å². The van der Waals surface area contributed by atoms with Crippen molar-refractivity contribution >= 4 is 23.2 Å². The molecule has 1 saturated heterocycles. The lowest BCUT2D eigenvalue weighted by Gasteiger charge is -2.54. The number of carbonyl (C=O) groups excluding carboxylic acids is 2. The summed E-state index contributed by atoms with van der Waals surface area (Å²) in [7, 11) is 1.42. The Bertz CT molecular complexity index is 826. The molecule has 132 valence electrons. The van der Waals surface area contributed by atoms with Crippen LogP contribution in [0.4, 0.5) is 0 Å². The molecule has 6 nitrogen and oxygen atoms in total. The summed E-state index contributed by atoms with van der Waals surface area (Å²) in [5.41, 5.74) is 1.70. The van der Waals surface area contributed by atoms with Gasteiger partial charge in [0.05, 0.1) is 18.2 Å². The molecule has 1 aliphatic carbocycles. The Balaban J connectivity index is 1.57. The van der Waals surface area contributed by atoms with Gasteiger partial charge >= 0.3 is 5.97 Å². The standard InChI is InChI=1S/C18H21N3O3S/c1-17(2)9-18(16(23)24-3)10-21(7-14(17)18)15(22)13-6-12(19-20-13)11-4-5-25-8-11/h4-6,8,14H,7,9-10H2,1-3H3,(H,19,20)/t14-,18+/m1/s1. The van der Waals surface area contributed by atoms with Crippen molar-refractivity contribution in [2.75, 3.05) is 20.2 Å². The number of nitrogens with one attached hydrogen (secondary N) is 1. The van der Waals surface area contributed by atoms with Gasteiger partial charge in [0.1, 0.15) is 5.69 Å². The Kier molecular flexibility index (Phi) is 3.54. The predicted molar refractivity (Wildman–Crippen MR) is 94.1 cm³/mol. The van der Waals surface area contributed by atoms with Gasteiger partial charge in [-0.2, -0.15) is 16.4 Å². The molecule has 1 amide bonds. The van der Waals surface area contributed by atoms with E-state index in [2.05, 4.69) is 24.0 Å². The molecule has 2 aliphatic rings. The van der Waals surface area contributed by atoms with E-state index in [0.29, 0.717) is 18.8 Å². The first-order valence-electron chi connectivity index (χ1n) is 8.33. The number of hydrogen-bond acceptors (Lipinski definition) is 5. The van der Waals surface area contributed by atoms with Crippen LogP contribution in [0.15, 0.2) is 22.9 Å². The van der Waals surface area contributed by atoms with Crippen molar-refractivity contribution in [2.24, 2.45) is 16.7 Å². The van der Waals surface area contributed by atoms with Gasteiger partial charge in [-0.25, -0.2) is 0 Å². The minimum absolute atomic E-state index is 0.0407. The van der Waals surface area contributed by atoms with E-state index in [0.717, 1.165) is 17.7 Å². The van der Waals surface area contributed by atoms with E-state index < -0.39 is 5.41 Å². The van der Waals surface area contributed by atoms with Crippen LogP contribution < -0.4 is 0 Å². The van der Waals surface area contributed by atoms with Crippen molar-refractivity contribution in [2.45, 2.75) is 20.3 Å². The van der Waals surface area contributed by atoms with E-state index >= 15 is 0 Å². The number of amides is 1. The minimum Gasteiger partial charge on any atom is -0.469 e. The molecule has 0 unspecified atom stereocenters. The summed E-state index contributed by atoms with van der Waals surface area (Å²) in [5, 5.41) is 11.1. The molecule has 2 aromatic rings. The molecule has 2 fully saturated rings. The molecule has 0 bridgehead atoms. The first-order chi connectivity index (χ1) is 11.9. The maximum absolute atomic E-state index is 12.9. The lowest BCUT2D eigenvalue weighted by atomic mass is 9.48. The Morgan fingerprint density at radius 3 is 2.88 bits per heavy atom. The van der Waals surface area contributed by atoms with Crippen molar-refractivity contribution in [3.05, 3.63) is 28.6 Å². The van der Waals surface area contributed by atoms with Gasteiger partial charge in [-0.3, -0.25) is 14.7 Å². The van der Waals surface area contributed by atoms with Gasteiger partial charge in [-0.05, 0) is 35.3 Å². The molecule has 1 N–H and O–H groups in total. The highest BCUT2D eigenvalue weighted by Gasteiger charge is 2.68. The summed E-state index contributed by atoms with van der Waals surface area (Å²) < 4.78 is 5.04. The van der Waals surface area contributed by atoms with Gasteiger partial charge < -0.3 is 9.64 Å². The summed E-state index contributed by atoms with van der Waals surface area (Å²) in [6, 6.07) is 3.75. The normalized spacial score (nSPS) is 26.8. The van der Waals surface area contributed by atoms with Crippen molar-refractivity contribution in [3.63, 3.8) is 0 Å². The van der Waals surface area contributed by atoms with Crippen molar-refractivity contribution in [1.29, 1.82) is 0 Å². The summed E-state index contributed by atoms with van der Waals surface area (Å²) >= 11 is 1.59. The predicted octanol–water partition coefficient (Wildman–Crippen LogP) is 2.80. The van der Waals surface area contributed by atoms with Crippen molar-refractivity contribution in [1.82, 2.24) is 15.1 Å². The Labute approximate surface area is 150 Å². The van der Waals surface area contributed by atoms with Crippen LogP contribution >= 0.6 is 11.3 Å². The summed E-state index contributed by atoms with van der Waals surface area (Å²) in [6.45, 7) is 5.29. The molecule has 1 aliphatic heterocycles. The van der Waals surface area contributed by atoms with Gasteiger partial charge in [0.15, 0.2) is 0 Å². The van der Waals surface area contributed by atoms with Gasteiger partial charge in [-0.15, -0.1) is 0 Å². The largest absolute Gasteiger partial charge is 0.469 e. The number of ether oxygens (including phenoxy) is 1. The van der Waals surface area contributed by atoms with E-state index in [1.165, 1.54) is 7.11 Å². The fourth-order valence-corrected chi connectivity index (χ4v) is 5.34. The van der Waals surface area contributed by atoms with Crippen LogP contribution in [0.1, 0.15) is 30.8 Å². The highest BCUT2D eigenvalue weighted by Crippen LogP contribution is 2.63. The third-order valence-electron chi connectivity index (χ3n) is 5.76. The Hall–Kier alpha value is -2.15. The molecule has 25 heavy (non-hydrogen) atoms. The minimum atomic E-state index is -0.551. The van der Waals surface area contributed by atoms with Crippen LogP contribution in [0.3, 0.4) is 0 Å². The lowest BCUT2D eigenvalue weighted by molar-refractivity contribution is -0.174. The molecule has 4 rings (SSSR count). The molecule has 2 atom stereocenters. The number of likely N-dealkylation sites (tertiary alicyclic amines) is 1. The number of esters is 1. The van der Waals surface area contributed by atoms with E-state index in [-0.39, 0.29) is 23.2 Å².